The number of carbonyl (C=O) groups is 1. The first kappa shape index (κ1) is 22.5. The number of aryl methyl sites for hydroxylation is 1. The highest BCUT2D eigenvalue weighted by atomic mass is 32.2. The van der Waals surface area contributed by atoms with E-state index in [0.717, 1.165) is 40.0 Å². The number of halogens is 1. The van der Waals surface area contributed by atoms with Gasteiger partial charge in [0.05, 0.1) is 17.4 Å². The van der Waals surface area contributed by atoms with Gasteiger partial charge in [0.25, 0.3) is 10.0 Å². The molecule has 0 bridgehead atoms. The fourth-order valence-electron chi connectivity index (χ4n) is 3.67. The summed E-state index contributed by atoms with van der Waals surface area (Å²) in [6, 6.07) is 18.5. The Morgan fingerprint density at radius 2 is 1.67 bits per heavy atom. The Balaban J connectivity index is 1.38. The molecule has 0 aliphatic rings. The van der Waals surface area contributed by atoms with Crippen LogP contribution in [0.4, 0.5) is 10.1 Å². The van der Waals surface area contributed by atoms with E-state index in [4.69, 9.17) is 4.42 Å². The zero-order valence-corrected chi connectivity index (χ0v) is 18.9. The molecule has 0 saturated heterocycles. The second-order valence-corrected chi connectivity index (χ2v) is 9.49. The molecular weight excluding hydrogens is 443 g/mol. The molecule has 3 aromatic carbocycles. The maximum atomic E-state index is 13.0. The number of fused-ring (bicyclic) bond motifs is 1. The topological polar surface area (TPSA) is 88.4 Å². The molecule has 170 valence electrons. The van der Waals surface area contributed by atoms with Gasteiger partial charge in [0.1, 0.15) is 17.2 Å². The third-order valence-corrected chi connectivity index (χ3v) is 6.74. The van der Waals surface area contributed by atoms with Gasteiger partial charge in [-0.15, -0.1) is 0 Å². The average molecular weight is 467 g/mol. The SMILES string of the molecule is Cc1c(C(C)NC(=O)Cc2ccc(NS(=O)(=O)c3ccc(F)cc3)cc2)oc2ccccc12. The lowest BCUT2D eigenvalue weighted by Gasteiger charge is -2.13. The van der Waals surface area contributed by atoms with Crippen LogP contribution in [0.15, 0.2) is 82.1 Å². The van der Waals surface area contributed by atoms with Gasteiger partial charge < -0.3 is 9.73 Å². The molecule has 1 aromatic heterocycles. The van der Waals surface area contributed by atoms with Crippen molar-refractivity contribution in [3.63, 3.8) is 0 Å². The van der Waals surface area contributed by atoms with Gasteiger partial charge in [-0.1, -0.05) is 30.3 Å². The number of para-hydroxylation sites is 1. The highest BCUT2D eigenvalue weighted by Crippen LogP contribution is 2.29. The van der Waals surface area contributed by atoms with E-state index in [0.29, 0.717) is 5.69 Å². The van der Waals surface area contributed by atoms with Crippen molar-refractivity contribution in [3.8, 4) is 0 Å². The first-order chi connectivity index (χ1) is 15.7. The molecule has 1 heterocycles. The number of sulfonamides is 1. The number of hydrogen-bond acceptors (Lipinski definition) is 4. The van der Waals surface area contributed by atoms with E-state index in [9.17, 15) is 17.6 Å². The summed E-state index contributed by atoms with van der Waals surface area (Å²) in [6.45, 7) is 3.84. The summed E-state index contributed by atoms with van der Waals surface area (Å²) in [7, 11) is -3.83. The highest BCUT2D eigenvalue weighted by molar-refractivity contribution is 7.92. The van der Waals surface area contributed by atoms with Gasteiger partial charge in [-0.2, -0.15) is 0 Å². The van der Waals surface area contributed by atoms with Crippen molar-refractivity contribution in [2.75, 3.05) is 4.72 Å². The molecule has 4 aromatic rings. The molecule has 0 spiro atoms. The highest BCUT2D eigenvalue weighted by Gasteiger charge is 2.19. The summed E-state index contributed by atoms with van der Waals surface area (Å²) in [6.07, 6.45) is 0.134. The normalized spacial score (nSPS) is 12.5. The van der Waals surface area contributed by atoms with Gasteiger partial charge in [-0.25, -0.2) is 12.8 Å². The Morgan fingerprint density at radius 1 is 1.00 bits per heavy atom. The van der Waals surface area contributed by atoms with Crippen molar-refractivity contribution < 1.29 is 22.0 Å². The first-order valence-electron chi connectivity index (χ1n) is 10.4. The van der Waals surface area contributed by atoms with Gasteiger partial charge in [-0.05, 0) is 61.9 Å². The Morgan fingerprint density at radius 3 is 2.33 bits per heavy atom. The van der Waals surface area contributed by atoms with Crippen LogP contribution >= 0.6 is 0 Å². The van der Waals surface area contributed by atoms with Crippen molar-refractivity contribution in [2.45, 2.75) is 31.2 Å². The predicted octanol–water partition coefficient (Wildman–Crippen LogP) is 5.10. The minimum absolute atomic E-state index is 0.0396. The standard InChI is InChI=1S/C25H23FN2O4S/c1-16-22-5-3-4-6-23(22)32-25(16)17(2)27-24(29)15-18-7-11-20(12-8-18)28-33(30,31)21-13-9-19(26)10-14-21/h3-14,17,28H,15H2,1-2H3,(H,27,29). The van der Waals surface area contributed by atoms with E-state index < -0.39 is 15.8 Å². The van der Waals surface area contributed by atoms with E-state index in [2.05, 4.69) is 10.0 Å². The second kappa shape index (κ2) is 9.07. The van der Waals surface area contributed by atoms with Gasteiger partial charge in [0, 0.05) is 16.6 Å². The van der Waals surface area contributed by atoms with E-state index in [1.54, 1.807) is 24.3 Å². The van der Waals surface area contributed by atoms with Gasteiger partial charge in [0.15, 0.2) is 0 Å². The van der Waals surface area contributed by atoms with Gasteiger partial charge in [-0.3, -0.25) is 9.52 Å². The number of anilines is 1. The molecule has 0 saturated carbocycles. The molecule has 8 heteroatoms. The van der Waals surface area contributed by atoms with Crippen LogP contribution in [0.5, 0.6) is 0 Å². The second-order valence-electron chi connectivity index (χ2n) is 7.81. The van der Waals surface area contributed by atoms with Crippen LogP contribution in [0, 0.1) is 12.7 Å². The van der Waals surface area contributed by atoms with Crippen molar-refractivity contribution in [1.82, 2.24) is 5.32 Å². The number of amides is 1. The minimum Gasteiger partial charge on any atom is -0.459 e. The lowest BCUT2D eigenvalue weighted by atomic mass is 10.1. The molecule has 1 amide bonds. The van der Waals surface area contributed by atoms with E-state index >= 15 is 0 Å². The molecule has 0 aliphatic carbocycles. The van der Waals surface area contributed by atoms with Crippen LogP contribution < -0.4 is 10.0 Å². The minimum atomic E-state index is -3.83. The molecule has 33 heavy (non-hydrogen) atoms. The molecule has 2 N–H and O–H groups in total. The number of benzene rings is 3. The Kier molecular flexibility index (Phi) is 6.20. The molecule has 1 unspecified atom stereocenters. The monoisotopic (exact) mass is 466 g/mol. The molecule has 1 atom stereocenters. The molecular formula is C25H23FN2O4S. The number of rotatable bonds is 7. The molecule has 0 aliphatic heterocycles. The number of hydrogen-bond donors (Lipinski definition) is 2. The van der Waals surface area contributed by atoms with Crippen LogP contribution in [0.1, 0.15) is 29.9 Å². The van der Waals surface area contributed by atoms with Crippen LogP contribution in [0.3, 0.4) is 0 Å². The zero-order valence-electron chi connectivity index (χ0n) is 18.1. The summed E-state index contributed by atoms with van der Waals surface area (Å²) in [5, 5.41) is 3.97. The fraction of sp³-hybridized carbons (Fsp3) is 0.160. The van der Waals surface area contributed by atoms with Crippen molar-refractivity contribution in [3.05, 3.63) is 95.5 Å². The summed E-state index contributed by atoms with van der Waals surface area (Å²) >= 11 is 0. The van der Waals surface area contributed by atoms with Crippen LogP contribution in [0.25, 0.3) is 11.0 Å². The molecule has 4 rings (SSSR count). The summed E-state index contributed by atoms with van der Waals surface area (Å²) < 4.78 is 46.2. The maximum absolute atomic E-state index is 13.0. The lowest BCUT2D eigenvalue weighted by molar-refractivity contribution is -0.121. The van der Waals surface area contributed by atoms with E-state index in [-0.39, 0.29) is 23.3 Å². The van der Waals surface area contributed by atoms with Crippen LogP contribution in [-0.4, -0.2) is 14.3 Å². The summed E-state index contributed by atoms with van der Waals surface area (Å²) in [5.74, 6) is 0.0264. The van der Waals surface area contributed by atoms with Crippen LogP contribution in [-0.2, 0) is 21.2 Å². The Labute approximate surface area is 191 Å². The third-order valence-electron chi connectivity index (χ3n) is 5.35. The first-order valence-corrected chi connectivity index (χ1v) is 11.9. The van der Waals surface area contributed by atoms with Crippen molar-refractivity contribution in [1.29, 1.82) is 0 Å². The van der Waals surface area contributed by atoms with E-state index in [1.165, 1.54) is 12.1 Å². The molecule has 0 fully saturated rings. The number of carbonyl (C=O) groups excluding carboxylic acids is 1. The smallest absolute Gasteiger partial charge is 0.261 e. The Hall–Kier alpha value is -3.65. The fourth-order valence-corrected chi connectivity index (χ4v) is 4.73. The van der Waals surface area contributed by atoms with Crippen molar-refractivity contribution >= 4 is 32.6 Å². The van der Waals surface area contributed by atoms with Crippen molar-refractivity contribution in [2.24, 2.45) is 0 Å². The molecule has 0 radical (unpaired) electrons. The largest absolute Gasteiger partial charge is 0.459 e. The zero-order chi connectivity index (χ0) is 23.6. The maximum Gasteiger partial charge on any atom is 0.261 e. The number of nitrogens with one attached hydrogen (secondary N) is 2. The quantitative estimate of drug-likeness (QED) is 0.397. The lowest BCUT2D eigenvalue weighted by Crippen LogP contribution is -2.28. The van der Waals surface area contributed by atoms with Gasteiger partial charge >= 0.3 is 0 Å². The summed E-state index contributed by atoms with van der Waals surface area (Å²) in [5.41, 5.74) is 2.85. The predicted molar refractivity (Wildman–Crippen MR) is 125 cm³/mol. The third kappa shape index (κ3) is 5.06. The Bertz CT molecular complexity index is 1390. The van der Waals surface area contributed by atoms with E-state index in [1.807, 2.05) is 38.1 Å². The van der Waals surface area contributed by atoms with Gasteiger partial charge in [0.2, 0.25) is 5.91 Å². The molecule has 6 nitrogen and oxygen atoms in total. The van der Waals surface area contributed by atoms with Crippen LogP contribution in [0.2, 0.25) is 0 Å². The summed E-state index contributed by atoms with van der Waals surface area (Å²) in [4.78, 5) is 12.5. The average Bonchev–Trinajstić information content (AvgIpc) is 3.12. The number of furan rings is 1.